The lowest BCUT2D eigenvalue weighted by Gasteiger charge is -2.09. The van der Waals surface area contributed by atoms with Crippen molar-refractivity contribution in [2.24, 2.45) is 0 Å². The van der Waals surface area contributed by atoms with E-state index < -0.39 is 0 Å². The summed E-state index contributed by atoms with van der Waals surface area (Å²) in [7, 11) is 0. The van der Waals surface area contributed by atoms with Crippen molar-refractivity contribution >= 4 is 17.4 Å². The molecular formula is C18H15N5S. The molecule has 0 fully saturated rings. The average molecular weight is 333 g/mol. The Bertz CT molecular complexity index is 953. The lowest BCUT2D eigenvalue weighted by Crippen LogP contribution is -1.98. The molecule has 5 nitrogen and oxygen atoms in total. The lowest BCUT2D eigenvalue weighted by molar-refractivity contribution is 0.807. The van der Waals surface area contributed by atoms with Gasteiger partial charge in [0, 0.05) is 11.4 Å². The molecule has 0 aliphatic carbocycles. The summed E-state index contributed by atoms with van der Waals surface area (Å²) in [6, 6.07) is 20.0. The Morgan fingerprint density at radius 3 is 2.50 bits per heavy atom. The van der Waals surface area contributed by atoms with Crippen molar-refractivity contribution in [1.29, 1.82) is 0 Å². The van der Waals surface area contributed by atoms with Gasteiger partial charge in [-0.1, -0.05) is 48.2 Å². The van der Waals surface area contributed by atoms with E-state index in [0.29, 0.717) is 0 Å². The van der Waals surface area contributed by atoms with E-state index in [4.69, 9.17) is 0 Å². The lowest BCUT2D eigenvalue weighted by atomic mass is 10.2. The molecule has 4 aromatic rings. The Morgan fingerprint density at radius 2 is 1.71 bits per heavy atom. The Balaban J connectivity index is 1.69. The second kappa shape index (κ2) is 6.41. The standard InChI is InChI=1S/C18H15N5S/c1-13(14-7-3-2-4-8-14)24-18-21-20-17-11-10-16(22-23(17)18)15-9-5-6-12-19-15/h2-13H,1H3. The van der Waals surface area contributed by atoms with Gasteiger partial charge in [-0.3, -0.25) is 4.98 Å². The molecular weight excluding hydrogens is 318 g/mol. The number of hydrogen-bond acceptors (Lipinski definition) is 5. The number of benzene rings is 1. The van der Waals surface area contributed by atoms with Gasteiger partial charge in [0.1, 0.15) is 5.69 Å². The summed E-state index contributed by atoms with van der Waals surface area (Å²) in [5, 5.41) is 14.2. The predicted octanol–water partition coefficient (Wildman–Crippen LogP) is 4.04. The maximum atomic E-state index is 4.66. The van der Waals surface area contributed by atoms with Crippen LogP contribution in [0.25, 0.3) is 17.0 Å². The number of pyridine rings is 1. The van der Waals surface area contributed by atoms with Crippen LogP contribution in [-0.4, -0.2) is 24.8 Å². The summed E-state index contributed by atoms with van der Waals surface area (Å²) < 4.78 is 1.79. The quantitative estimate of drug-likeness (QED) is 0.528. The van der Waals surface area contributed by atoms with Gasteiger partial charge in [-0.25, -0.2) is 0 Å². The first-order valence-corrected chi connectivity index (χ1v) is 8.55. The van der Waals surface area contributed by atoms with E-state index in [2.05, 4.69) is 39.3 Å². The summed E-state index contributed by atoms with van der Waals surface area (Å²) >= 11 is 1.64. The van der Waals surface area contributed by atoms with Gasteiger partial charge in [-0.05, 0) is 36.8 Å². The van der Waals surface area contributed by atoms with Crippen LogP contribution in [0.5, 0.6) is 0 Å². The predicted molar refractivity (Wildman–Crippen MR) is 94.7 cm³/mol. The van der Waals surface area contributed by atoms with Crippen LogP contribution in [-0.2, 0) is 0 Å². The second-order valence-electron chi connectivity index (χ2n) is 5.36. The fraction of sp³-hybridized carbons (Fsp3) is 0.111. The highest BCUT2D eigenvalue weighted by Gasteiger charge is 2.14. The minimum Gasteiger partial charge on any atom is -0.255 e. The van der Waals surface area contributed by atoms with E-state index in [1.807, 2.05) is 48.5 Å². The highest BCUT2D eigenvalue weighted by Crippen LogP contribution is 2.33. The molecule has 0 saturated carbocycles. The summed E-state index contributed by atoms with van der Waals surface area (Å²) in [5.41, 5.74) is 3.62. The first-order valence-electron chi connectivity index (χ1n) is 7.67. The molecule has 0 aliphatic rings. The Morgan fingerprint density at radius 1 is 0.875 bits per heavy atom. The van der Waals surface area contributed by atoms with E-state index in [1.54, 1.807) is 22.5 Å². The van der Waals surface area contributed by atoms with Gasteiger partial charge in [0.15, 0.2) is 5.65 Å². The molecule has 0 aliphatic heterocycles. The van der Waals surface area contributed by atoms with Crippen LogP contribution in [0.3, 0.4) is 0 Å². The Kier molecular flexibility index (Phi) is 3.96. The number of rotatable bonds is 4. The summed E-state index contributed by atoms with van der Waals surface area (Å²) in [6.07, 6.45) is 1.76. The largest absolute Gasteiger partial charge is 0.255 e. The SMILES string of the molecule is CC(Sc1nnc2ccc(-c3ccccn3)nn12)c1ccccc1. The average Bonchev–Trinajstić information content (AvgIpc) is 3.05. The Labute approximate surface area is 143 Å². The molecule has 4 rings (SSSR count). The van der Waals surface area contributed by atoms with Crippen molar-refractivity contribution in [1.82, 2.24) is 24.8 Å². The monoisotopic (exact) mass is 333 g/mol. The van der Waals surface area contributed by atoms with Gasteiger partial charge in [-0.15, -0.1) is 10.2 Å². The minimum absolute atomic E-state index is 0.263. The summed E-state index contributed by atoms with van der Waals surface area (Å²) in [6.45, 7) is 2.16. The van der Waals surface area contributed by atoms with Crippen molar-refractivity contribution in [2.45, 2.75) is 17.3 Å². The topological polar surface area (TPSA) is 56.0 Å². The van der Waals surface area contributed by atoms with E-state index in [-0.39, 0.29) is 5.25 Å². The van der Waals surface area contributed by atoms with Crippen LogP contribution in [0.4, 0.5) is 0 Å². The van der Waals surface area contributed by atoms with Gasteiger partial charge >= 0.3 is 0 Å². The molecule has 1 atom stereocenters. The van der Waals surface area contributed by atoms with Crippen molar-refractivity contribution in [3.8, 4) is 11.4 Å². The number of fused-ring (bicyclic) bond motifs is 1. The normalized spacial score (nSPS) is 12.4. The minimum atomic E-state index is 0.263. The van der Waals surface area contributed by atoms with Crippen molar-refractivity contribution in [3.05, 3.63) is 72.4 Å². The molecule has 1 aromatic carbocycles. The van der Waals surface area contributed by atoms with Crippen LogP contribution in [0.15, 0.2) is 72.0 Å². The van der Waals surface area contributed by atoms with Gasteiger partial charge in [-0.2, -0.15) is 9.61 Å². The molecule has 0 N–H and O–H groups in total. The van der Waals surface area contributed by atoms with Crippen LogP contribution < -0.4 is 0 Å². The summed E-state index contributed by atoms with van der Waals surface area (Å²) in [4.78, 5) is 4.35. The maximum absolute atomic E-state index is 4.66. The third kappa shape index (κ3) is 2.88. The van der Waals surface area contributed by atoms with Crippen LogP contribution in [0.1, 0.15) is 17.7 Å². The molecule has 0 saturated heterocycles. The smallest absolute Gasteiger partial charge is 0.212 e. The molecule has 118 valence electrons. The number of aromatic nitrogens is 5. The van der Waals surface area contributed by atoms with Gasteiger partial charge in [0.25, 0.3) is 0 Å². The molecule has 3 heterocycles. The van der Waals surface area contributed by atoms with Crippen LogP contribution in [0, 0.1) is 0 Å². The molecule has 3 aromatic heterocycles. The fourth-order valence-corrected chi connectivity index (χ4v) is 3.38. The van der Waals surface area contributed by atoms with E-state index in [0.717, 1.165) is 22.2 Å². The second-order valence-corrected chi connectivity index (χ2v) is 6.66. The van der Waals surface area contributed by atoms with Crippen LogP contribution in [0.2, 0.25) is 0 Å². The van der Waals surface area contributed by atoms with Crippen molar-refractivity contribution in [2.75, 3.05) is 0 Å². The number of nitrogens with zero attached hydrogens (tertiary/aromatic N) is 5. The zero-order chi connectivity index (χ0) is 16.4. The number of thioether (sulfide) groups is 1. The molecule has 6 heteroatoms. The van der Waals surface area contributed by atoms with E-state index >= 15 is 0 Å². The highest BCUT2D eigenvalue weighted by molar-refractivity contribution is 7.99. The first kappa shape index (κ1) is 14.8. The zero-order valence-electron chi connectivity index (χ0n) is 13.1. The highest BCUT2D eigenvalue weighted by atomic mass is 32.2. The maximum Gasteiger partial charge on any atom is 0.212 e. The Hall–Kier alpha value is -2.73. The van der Waals surface area contributed by atoms with Crippen LogP contribution >= 0.6 is 11.8 Å². The zero-order valence-corrected chi connectivity index (χ0v) is 13.9. The van der Waals surface area contributed by atoms with Crippen molar-refractivity contribution < 1.29 is 0 Å². The number of hydrogen-bond donors (Lipinski definition) is 0. The first-order chi connectivity index (χ1) is 11.8. The van der Waals surface area contributed by atoms with Gasteiger partial charge < -0.3 is 0 Å². The third-order valence-electron chi connectivity index (χ3n) is 3.71. The molecule has 24 heavy (non-hydrogen) atoms. The summed E-state index contributed by atoms with van der Waals surface area (Å²) in [5.74, 6) is 0. The van der Waals surface area contributed by atoms with E-state index in [1.165, 1.54) is 5.56 Å². The molecule has 0 bridgehead atoms. The van der Waals surface area contributed by atoms with Gasteiger partial charge in [0.2, 0.25) is 5.16 Å². The molecule has 0 spiro atoms. The van der Waals surface area contributed by atoms with E-state index in [9.17, 15) is 0 Å². The fourth-order valence-electron chi connectivity index (χ4n) is 2.44. The molecule has 0 radical (unpaired) electrons. The molecule has 1 unspecified atom stereocenters. The third-order valence-corrected chi connectivity index (χ3v) is 4.80. The molecule has 0 amide bonds. The van der Waals surface area contributed by atoms with Crippen molar-refractivity contribution in [3.63, 3.8) is 0 Å². The van der Waals surface area contributed by atoms with Gasteiger partial charge in [0.05, 0.1) is 5.69 Å².